The highest BCUT2D eigenvalue weighted by Crippen LogP contribution is 2.34. The fourth-order valence-electron chi connectivity index (χ4n) is 4.79. The van der Waals surface area contributed by atoms with Crippen LogP contribution in [0.3, 0.4) is 0 Å². The van der Waals surface area contributed by atoms with Crippen molar-refractivity contribution in [2.24, 2.45) is 5.73 Å². The number of nitrogens with zero attached hydrogens (tertiary/aromatic N) is 2. The molecule has 0 bridgehead atoms. The summed E-state index contributed by atoms with van der Waals surface area (Å²) in [6, 6.07) is 19.8. The van der Waals surface area contributed by atoms with Crippen LogP contribution in [0.1, 0.15) is 39.5 Å². The SMILES string of the molecule is N=C(N)NCCNC(=O)C#Cc1ccc2c(c1)C(=O)N(C(CC(=O)OC(=O)C(F)(F)F)c1ccccc1)CC(=O)N2Cc1ccccc1. The molecule has 3 aromatic rings. The summed E-state index contributed by atoms with van der Waals surface area (Å²) in [6.45, 7) is -0.220. The molecule has 1 atom stereocenters. The van der Waals surface area contributed by atoms with E-state index in [1.54, 1.807) is 48.5 Å². The van der Waals surface area contributed by atoms with Crippen LogP contribution in [0.2, 0.25) is 0 Å². The lowest BCUT2D eigenvalue weighted by Crippen LogP contribution is -2.42. The second kappa shape index (κ2) is 15.4. The van der Waals surface area contributed by atoms with Crippen molar-refractivity contribution in [2.75, 3.05) is 24.5 Å². The molecule has 5 N–H and O–H groups in total. The van der Waals surface area contributed by atoms with Gasteiger partial charge in [-0.2, -0.15) is 13.2 Å². The zero-order valence-corrected chi connectivity index (χ0v) is 25.2. The number of halogens is 3. The van der Waals surface area contributed by atoms with Crippen molar-refractivity contribution >= 4 is 41.3 Å². The zero-order chi connectivity index (χ0) is 34.8. The van der Waals surface area contributed by atoms with E-state index in [-0.39, 0.29) is 42.4 Å². The van der Waals surface area contributed by atoms with Crippen LogP contribution < -0.4 is 21.3 Å². The van der Waals surface area contributed by atoms with Crippen molar-refractivity contribution < 1.29 is 41.9 Å². The van der Waals surface area contributed by atoms with E-state index in [9.17, 15) is 37.1 Å². The molecule has 0 fully saturated rings. The summed E-state index contributed by atoms with van der Waals surface area (Å²) in [7, 11) is 0. The molecule has 3 amide bonds. The summed E-state index contributed by atoms with van der Waals surface area (Å²) in [6.07, 6.45) is -6.31. The van der Waals surface area contributed by atoms with Gasteiger partial charge in [-0.3, -0.25) is 24.6 Å². The Kier molecular flexibility index (Phi) is 11.1. The van der Waals surface area contributed by atoms with E-state index in [0.29, 0.717) is 5.56 Å². The van der Waals surface area contributed by atoms with Crippen molar-refractivity contribution in [1.82, 2.24) is 15.5 Å². The van der Waals surface area contributed by atoms with E-state index in [1.165, 1.54) is 35.2 Å². The molecule has 3 aromatic carbocycles. The van der Waals surface area contributed by atoms with E-state index in [0.717, 1.165) is 10.5 Å². The number of fused-ring (bicyclic) bond motifs is 1. The van der Waals surface area contributed by atoms with Gasteiger partial charge in [0.25, 0.3) is 11.8 Å². The minimum absolute atomic E-state index is 0.0321. The van der Waals surface area contributed by atoms with Gasteiger partial charge in [0.1, 0.15) is 6.54 Å². The molecule has 4 rings (SSSR count). The predicted molar refractivity (Wildman–Crippen MR) is 166 cm³/mol. The minimum atomic E-state index is -5.43. The van der Waals surface area contributed by atoms with Gasteiger partial charge in [0.2, 0.25) is 5.91 Å². The number of esters is 2. The largest absolute Gasteiger partial charge is 0.491 e. The lowest BCUT2D eigenvalue weighted by atomic mass is 10.00. The van der Waals surface area contributed by atoms with Crippen molar-refractivity contribution in [1.29, 1.82) is 5.41 Å². The molecule has 248 valence electrons. The van der Waals surface area contributed by atoms with Crippen molar-refractivity contribution in [2.45, 2.75) is 25.2 Å². The first kappa shape index (κ1) is 34.7. The number of nitrogens with two attached hydrogens (primary N) is 1. The lowest BCUT2D eigenvalue weighted by molar-refractivity contribution is -0.202. The summed E-state index contributed by atoms with van der Waals surface area (Å²) < 4.78 is 42.6. The number of amides is 3. The first-order valence-electron chi connectivity index (χ1n) is 14.4. The monoisotopic (exact) mass is 662 g/mol. The van der Waals surface area contributed by atoms with Crippen molar-refractivity contribution in [3.05, 3.63) is 101 Å². The summed E-state index contributed by atoms with van der Waals surface area (Å²) in [5, 5.41) is 12.2. The normalized spacial score (nSPS) is 13.3. The molecule has 48 heavy (non-hydrogen) atoms. The topological polar surface area (TPSA) is 175 Å². The number of anilines is 1. The Hall–Kier alpha value is -6.17. The van der Waals surface area contributed by atoms with Gasteiger partial charge in [-0.15, -0.1) is 0 Å². The van der Waals surface area contributed by atoms with Crippen molar-refractivity contribution in [3.8, 4) is 11.8 Å². The van der Waals surface area contributed by atoms with Crippen LogP contribution in [-0.4, -0.2) is 66.3 Å². The fraction of sp³-hybridized carbons (Fsp3) is 0.212. The van der Waals surface area contributed by atoms with E-state index in [4.69, 9.17) is 11.1 Å². The van der Waals surface area contributed by atoms with Crippen LogP contribution in [0.25, 0.3) is 0 Å². The number of benzene rings is 3. The zero-order valence-electron chi connectivity index (χ0n) is 25.2. The number of hydrogen-bond acceptors (Lipinski definition) is 7. The van der Waals surface area contributed by atoms with Crippen LogP contribution >= 0.6 is 0 Å². The average molecular weight is 663 g/mol. The number of carbonyl (C=O) groups is 5. The Morgan fingerprint density at radius 3 is 2.25 bits per heavy atom. The quantitative estimate of drug-likeness (QED) is 0.0675. The van der Waals surface area contributed by atoms with Crippen LogP contribution in [0.5, 0.6) is 0 Å². The third-order valence-corrected chi connectivity index (χ3v) is 6.97. The van der Waals surface area contributed by atoms with Gasteiger partial charge in [0.15, 0.2) is 5.96 Å². The van der Waals surface area contributed by atoms with Crippen LogP contribution in [0.4, 0.5) is 18.9 Å². The Balaban J connectivity index is 1.72. The highest BCUT2D eigenvalue weighted by Gasteiger charge is 2.43. The molecular formula is C33H29F3N6O6. The number of guanidine groups is 1. The number of hydrogen-bond donors (Lipinski definition) is 4. The van der Waals surface area contributed by atoms with Gasteiger partial charge in [-0.05, 0) is 29.3 Å². The molecule has 0 radical (unpaired) electrons. The Bertz CT molecular complexity index is 1770. The summed E-state index contributed by atoms with van der Waals surface area (Å²) in [5.41, 5.74) is 6.61. The summed E-state index contributed by atoms with van der Waals surface area (Å²) in [5.74, 6) is -1.45. The molecule has 1 aliphatic heterocycles. The maximum Gasteiger partial charge on any atom is 0.491 e. The molecular weight excluding hydrogens is 633 g/mol. The maximum absolute atomic E-state index is 14.3. The molecule has 1 aliphatic rings. The summed E-state index contributed by atoms with van der Waals surface area (Å²) in [4.78, 5) is 66.8. The first-order chi connectivity index (χ1) is 22.8. The number of ether oxygens (including phenoxy) is 1. The van der Waals surface area contributed by atoms with Gasteiger partial charge in [-0.1, -0.05) is 66.6 Å². The molecule has 0 saturated carbocycles. The molecule has 1 heterocycles. The van der Waals surface area contributed by atoms with Crippen LogP contribution in [0, 0.1) is 17.3 Å². The molecule has 12 nitrogen and oxygen atoms in total. The molecule has 1 unspecified atom stereocenters. The second-order valence-electron chi connectivity index (χ2n) is 10.4. The number of rotatable bonds is 9. The molecule has 15 heteroatoms. The smallest absolute Gasteiger partial charge is 0.386 e. The second-order valence-corrected chi connectivity index (χ2v) is 10.4. The predicted octanol–water partition coefficient (Wildman–Crippen LogP) is 2.39. The van der Waals surface area contributed by atoms with Gasteiger partial charge in [0.05, 0.1) is 30.3 Å². The highest BCUT2D eigenvalue weighted by atomic mass is 19.4. The van der Waals surface area contributed by atoms with E-state index in [2.05, 4.69) is 27.2 Å². The highest BCUT2D eigenvalue weighted by molar-refractivity contribution is 6.10. The van der Waals surface area contributed by atoms with Crippen molar-refractivity contribution in [3.63, 3.8) is 0 Å². The Morgan fingerprint density at radius 1 is 0.958 bits per heavy atom. The van der Waals surface area contributed by atoms with Gasteiger partial charge in [-0.25, -0.2) is 4.79 Å². The molecule has 0 aliphatic carbocycles. The summed E-state index contributed by atoms with van der Waals surface area (Å²) >= 11 is 0. The molecule has 0 saturated heterocycles. The van der Waals surface area contributed by atoms with E-state index in [1.807, 2.05) is 0 Å². The molecule has 0 spiro atoms. The van der Waals surface area contributed by atoms with Crippen LogP contribution in [0.15, 0.2) is 78.9 Å². The molecule has 0 aromatic heterocycles. The maximum atomic E-state index is 14.3. The van der Waals surface area contributed by atoms with Gasteiger partial charge >= 0.3 is 18.1 Å². The average Bonchev–Trinajstić information content (AvgIpc) is 3.15. The number of carbonyl (C=O) groups excluding carboxylic acids is 5. The third kappa shape index (κ3) is 9.19. The van der Waals surface area contributed by atoms with E-state index >= 15 is 0 Å². The van der Waals surface area contributed by atoms with Gasteiger partial charge < -0.3 is 30.9 Å². The minimum Gasteiger partial charge on any atom is -0.386 e. The van der Waals surface area contributed by atoms with E-state index < -0.39 is 54.8 Å². The third-order valence-electron chi connectivity index (χ3n) is 6.97. The Morgan fingerprint density at radius 2 is 1.60 bits per heavy atom. The number of alkyl halides is 3. The van der Waals surface area contributed by atoms with Crippen LogP contribution in [-0.2, 0) is 30.5 Å². The van der Waals surface area contributed by atoms with Gasteiger partial charge in [0, 0.05) is 24.6 Å². The fourth-order valence-corrected chi connectivity index (χ4v) is 4.79. The Labute approximate surface area is 272 Å². The first-order valence-corrected chi connectivity index (χ1v) is 14.4. The number of nitrogens with one attached hydrogen (secondary N) is 3. The lowest BCUT2D eigenvalue weighted by Gasteiger charge is -2.30. The standard InChI is InChI=1S/C33H29F3N6O6/c34-33(35,36)31(47)48-29(45)18-26(23-9-5-2-6-10-23)42-20-28(44)41(19-22-7-3-1-4-8-22)25-13-11-21(17-24(25)30(42)46)12-14-27(43)39-15-16-40-32(37)38/h1-11,13,17,26H,15-16,18-20H2,(H,39,43)(H4,37,38,40).